The molecule has 0 aromatic heterocycles. The summed E-state index contributed by atoms with van der Waals surface area (Å²) in [6, 6.07) is 5.77. The van der Waals surface area contributed by atoms with Crippen LogP contribution >= 0.6 is 0 Å². The monoisotopic (exact) mass is 291 g/mol. The van der Waals surface area contributed by atoms with Gasteiger partial charge >= 0.3 is 12.0 Å². The van der Waals surface area contributed by atoms with Crippen LogP contribution in [0.25, 0.3) is 0 Å². The maximum Gasteiger partial charge on any atom is 0.316 e. The zero-order valence-electron chi connectivity index (χ0n) is 11.3. The lowest BCUT2D eigenvalue weighted by atomic mass is 9.95. The minimum atomic E-state index is -0.923. The van der Waals surface area contributed by atoms with E-state index in [0.29, 0.717) is 24.2 Å². The van der Waals surface area contributed by atoms with Crippen LogP contribution in [-0.2, 0) is 9.59 Å². The van der Waals surface area contributed by atoms with Crippen molar-refractivity contribution in [3.05, 3.63) is 24.3 Å². The Morgan fingerprint density at radius 1 is 1.00 bits per heavy atom. The number of primary amides is 1. The number of hydrogen-bond donors (Lipinski definition) is 4. The Labute approximate surface area is 121 Å². The largest absolute Gasteiger partial charge is 0.481 e. The number of carboxylic acids is 1. The van der Waals surface area contributed by atoms with Gasteiger partial charge in [-0.05, 0) is 37.1 Å². The third-order valence-electron chi connectivity index (χ3n) is 3.59. The number of carboxylic acid groups (broad SMARTS) is 1. The molecule has 1 aromatic rings. The van der Waals surface area contributed by atoms with Crippen LogP contribution in [0.3, 0.4) is 0 Å². The number of aliphatic carboxylic acids is 1. The number of nitrogens with one attached hydrogen (secondary N) is 2. The number of rotatable bonds is 4. The summed E-state index contributed by atoms with van der Waals surface area (Å²) < 4.78 is 0. The summed E-state index contributed by atoms with van der Waals surface area (Å²) in [5, 5.41) is 14.2. The number of benzene rings is 1. The molecule has 7 heteroatoms. The van der Waals surface area contributed by atoms with Gasteiger partial charge in [-0.25, -0.2) is 4.79 Å². The van der Waals surface area contributed by atoms with E-state index in [0.717, 1.165) is 6.42 Å². The number of urea groups is 1. The summed E-state index contributed by atoms with van der Waals surface area (Å²) in [5.41, 5.74) is 6.06. The van der Waals surface area contributed by atoms with Crippen molar-refractivity contribution in [3.8, 4) is 0 Å². The highest BCUT2D eigenvalue weighted by Crippen LogP contribution is 2.32. The average molecular weight is 291 g/mol. The van der Waals surface area contributed by atoms with Crippen molar-refractivity contribution in [1.29, 1.82) is 0 Å². The first-order valence-electron chi connectivity index (χ1n) is 6.67. The predicted octanol–water partition coefficient (Wildman–Crippen LogP) is 1.62. The van der Waals surface area contributed by atoms with Crippen molar-refractivity contribution in [3.63, 3.8) is 0 Å². The molecule has 0 radical (unpaired) electrons. The molecule has 3 amide bonds. The quantitative estimate of drug-likeness (QED) is 0.673. The molecular weight excluding hydrogens is 274 g/mol. The predicted molar refractivity (Wildman–Crippen MR) is 76.7 cm³/mol. The first-order chi connectivity index (χ1) is 9.97. The molecular formula is C14H17N3O4. The Balaban J connectivity index is 1.99. The van der Waals surface area contributed by atoms with Crippen molar-refractivity contribution in [2.75, 3.05) is 10.6 Å². The van der Waals surface area contributed by atoms with Crippen molar-refractivity contribution >= 4 is 29.3 Å². The number of hydrogen-bond acceptors (Lipinski definition) is 3. The van der Waals surface area contributed by atoms with E-state index in [2.05, 4.69) is 10.6 Å². The van der Waals surface area contributed by atoms with Crippen LogP contribution in [0, 0.1) is 11.8 Å². The fraction of sp³-hybridized carbons (Fsp3) is 0.357. The van der Waals surface area contributed by atoms with Crippen LogP contribution in [-0.4, -0.2) is 23.0 Å². The van der Waals surface area contributed by atoms with Crippen LogP contribution < -0.4 is 16.4 Å². The van der Waals surface area contributed by atoms with E-state index in [1.807, 2.05) is 0 Å². The second-order valence-electron chi connectivity index (χ2n) is 5.04. The smallest absolute Gasteiger partial charge is 0.316 e. The molecule has 0 heterocycles. The second-order valence-corrected chi connectivity index (χ2v) is 5.04. The van der Waals surface area contributed by atoms with E-state index in [1.54, 1.807) is 24.3 Å². The Bertz CT molecular complexity index is 556. The lowest BCUT2D eigenvalue weighted by Crippen LogP contribution is -2.29. The molecule has 7 nitrogen and oxygen atoms in total. The molecule has 0 spiro atoms. The SMILES string of the molecule is NC(=O)Nc1ccc(NC(=O)[C@@H]2CCC[C@@H]2C(=O)O)cc1. The molecule has 2 rings (SSSR count). The van der Waals surface area contributed by atoms with Crippen molar-refractivity contribution in [2.45, 2.75) is 19.3 Å². The molecule has 112 valence electrons. The van der Waals surface area contributed by atoms with Gasteiger partial charge in [0, 0.05) is 11.4 Å². The molecule has 1 fully saturated rings. The zero-order valence-corrected chi connectivity index (χ0v) is 11.3. The topological polar surface area (TPSA) is 122 Å². The Hall–Kier alpha value is -2.57. The second kappa shape index (κ2) is 6.25. The molecule has 1 aliphatic rings. The van der Waals surface area contributed by atoms with E-state index >= 15 is 0 Å². The lowest BCUT2D eigenvalue weighted by molar-refractivity contribution is -0.145. The van der Waals surface area contributed by atoms with Gasteiger partial charge in [-0.2, -0.15) is 0 Å². The normalized spacial score (nSPS) is 20.8. The molecule has 21 heavy (non-hydrogen) atoms. The minimum absolute atomic E-state index is 0.282. The number of carbonyl (C=O) groups excluding carboxylic acids is 2. The van der Waals surface area contributed by atoms with Crippen molar-refractivity contribution in [1.82, 2.24) is 0 Å². The summed E-state index contributed by atoms with van der Waals surface area (Å²) >= 11 is 0. The minimum Gasteiger partial charge on any atom is -0.481 e. The molecule has 0 aliphatic heterocycles. The molecule has 5 N–H and O–H groups in total. The van der Waals surface area contributed by atoms with Crippen LogP contribution in [0.5, 0.6) is 0 Å². The van der Waals surface area contributed by atoms with Gasteiger partial charge in [-0.1, -0.05) is 6.42 Å². The summed E-state index contributed by atoms with van der Waals surface area (Å²) in [5.74, 6) is -2.31. The highest BCUT2D eigenvalue weighted by Gasteiger charge is 2.37. The molecule has 2 atom stereocenters. The average Bonchev–Trinajstić information content (AvgIpc) is 2.90. The van der Waals surface area contributed by atoms with E-state index in [9.17, 15) is 14.4 Å². The Morgan fingerprint density at radius 2 is 1.52 bits per heavy atom. The zero-order chi connectivity index (χ0) is 15.4. The third kappa shape index (κ3) is 3.71. The number of carbonyl (C=O) groups is 3. The molecule has 0 saturated heterocycles. The number of anilines is 2. The van der Waals surface area contributed by atoms with Gasteiger partial charge in [0.05, 0.1) is 11.8 Å². The van der Waals surface area contributed by atoms with Gasteiger partial charge in [0.1, 0.15) is 0 Å². The summed E-state index contributed by atoms with van der Waals surface area (Å²) in [4.78, 5) is 33.9. The van der Waals surface area contributed by atoms with Crippen molar-refractivity contribution in [2.24, 2.45) is 17.6 Å². The third-order valence-corrected chi connectivity index (χ3v) is 3.59. The molecule has 0 unspecified atom stereocenters. The highest BCUT2D eigenvalue weighted by atomic mass is 16.4. The number of nitrogens with two attached hydrogens (primary N) is 1. The van der Waals surface area contributed by atoms with E-state index in [4.69, 9.17) is 10.8 Å². The van der Waals surface area contributed by atoms with Crippen LogP contribution in [0.15, 0.2) is 24.3 Å². The highest BCUT2D eigenvalue weighted by molar-refractivity contribution is 5.95. The fourth-order valence-electron chi connectivity index (χ4n) is 2.58. The van der Waals surface area contributed by atoms with Crippen LogP contribution in [0.2, 0.25) is 0 Å². The van der Waals surface area contributed by atoms with Gasteiger partial charge in [0.25, 0.3) is 0 Å². The summed E-state index contributed by atoms with van der Waals surface area (Å²) in [6.45, 7) is 0. The van der Waals surface area contributed by atoms with Crippen LogP contribution in [0.4, 0.5) is 16.2 Å². The van der Waals surface area contributed by atoms with Gasteiger partial charge in [-0.3, -0.25) is 9.59 Å². The number of amides is 3. The lowest BCUT2D eigenvalue weighted by Gasteiger charge is -2.15. The van der Waals surface area contributed by atoms with Gasteiger partial charge < -0.3 is 21.5 Å². The van der Waals surface area contributed by atoms with Crippen LogP contribution in [0.1, 0.15) is 19.3 Å². The molecule has 0 bridgehead atoms. The fourth-order valence-corrected chi connectivity index (χ4v) is 2.58. The van der Waals surface area contributed by atoms with Gasteiger partial charge in [0.15, 0.2) is 0 Å². The first-order valence-corrected chi connectivity index (χ1v) is 6.67. The molecule has 1 aliphatic carbocycles. The van der Waals surface area contributed by atoms with E-state index in [1.165, 1.54) is 0 Å². The van der Waals surface area contributed by atoms with E-state index in [-0.39, 0.29) is 5.91 Å². The van der Waals surface area contributed by atoms with Crippen molar-refractivity contribution < 1.29 is 19.5 Å². The summed E-state index contributed by atoms with van der Waals surface area (Å²) in [7, 11) is 0. The summed E-state index contributed by atoms with van der Waals surface area (Å²) in [6.07, 6.45) is 1.87. The molecule has 1 aromatic carbocycles. The Morgan fingerprint density at radius 3 is 2.05 bits per heavy atom. The molecule has 1 saturated carbocycles. The van der Waals surface area contributed by atoms with Gasteiger partial charge in [0.2, 0.25) is 5.91 Å². The van der Waals surface area contributed by atoms with Gasteiger partial charge in [-0.15, -0.1) is 0 Å². The van der Waals surface area contributed by atoms with E-state index < -0.39 is 23.8 Å². The standard InChI is InChI=1S/C14H17N3O4/c15-14(21)17-9-6-4-8(5-7-9)16-12(18)10-2-1-3-11(10)13(19)20/h4-7,10-11H,1-3H2,(H,16,18)(H,19,20)(H3,15,17,21)/t10-,11+/m1/s1. The maximum absolute atomic E-state index is 12.1. The maximum atomic E-state index is 12.1. The Kier molecular flexibility index (Phi) is 4.42. The first kappa shape index (κ1) is 14.8.